The van der Waals surface area contributed by atoms with E-state index in [1.807, 2.05) is 24.4 Å². The van der Waals surface area contributed by atoms with Crippen molar-refractivity contribution < 1.29 is 0 Å². The number of hydrogen-bond donors (Lipinski definition) is 0. The number of alkyl halides is 1. The number of nitrogens with zero attached hydrogens (tertiary/aromatic N) is 1. The molecule has 0 N–H and O–H groups in total. The lowest BCUT2D eigenvalue weighted by molar-refractivity contribution is 0.715. The van der Waals surface area contributed by atoms with Crippen molar-refractivity contribution in [2.75, 3.05) is 0 Å². The second-order valence-electron chi connectivity index (χ2n) is 4.24. The van der Waals surface area contributed by atoms with E-state index in [1.165, 1.54) is 14.3 Å². The Labute approximate surface area is 119 Å². The molecule has 0 saturated heterocycles. The van der Waals surface area contributed by atoms with E-state index in [-0.39, 0.29) is 11.3 Å². The van der Waals surface area contributed by atoms with E-state index in [0.29, 0.717) is 0 Å². The van der Waals surface area contributed by atoms with Crippen molar-refractivity contribution in [3.63, 3.8) is 0 Å². The maximum atomic E-state index is 6.59. The van der Waals surface area contributed by atoms with Crippen LogP contribution in [0.2, 0.25) is 0 Å². The van der Waals surface area contributed by atoms with Crippen LogP contribution in [0.4, 0.5) is 0 Å². The summed E-state index contributed by atoms with van der Waals surface area (Å²) in [7, 11) is 0. The smallest absolute Gasteiger partial charge is 0.0760 e. The van der Waals surface area contributed by atoms with Crippen LogP contribution in [-0.4, -0.2) is 4.98 Å². The van der Waals surface area contributed by atoms with Crippen molar-refractivity contribution in [2.45, 2.75) is 18.2 Å². The Morgan fingerprint density at radius 1 is 1.22 bits per heavy atom. The number of aromatic nitrogens is 1. The molecule has 3 aromatic heterocycles. The molecule has 0 radical (unpaired) electrons. The predicted octanol–water partition coefficient (Wildman–Crippen LogP) is 5.44. The average molecular weight is 294 g/mol. The first-order chi connectivity index (χ1) is 8.75. The fourth-order valence-electron chi connectivity index (χ4n) is 1.96. The van der Waals surface area contributed by atoms with Gasteiger partial charge in [-0.1, -0.05) is 13.0 Å². The van der Waals surface area contributed by atoms with Crippen molar-refractivity contribution >= 4 is 43.7 Å². The van der Waals surface area contributed by atoms with E-state index in [4.69, 9.17) is 11.6 Å². The normalized spacial score (nSPS) is 14.8. The van der Waals surface area contributed by atoms with E-state index in [2.05, 4.69) is 29.4 Å². The van der Waals surface area contributed by atoms with Crippen LogP contribution in [0.25, 0.3) is 9.40 Å². The third kappa shape index (κ3) is 2.18. The highest BCUT2D eigenvalue weighted by molar-refractivity contribution is 7.27. The summed E-state index contributed by atoms with van der Waals surface area (Å²) < 4.78 is 2.66. The molecule has 0 spiro atoms. The largest absolute Gasteiger partial charge is 0.261 e. The Bertz CT molecular complexity index is 615. The molecule has 3 heterocycles. The summed E-state index contributed by atoms with van der Waals surface area (Å²) in [5.74, 6) is 0.223. The van der Waals surface area contributed by atoms with E-state index < -0.39 is 0 Å². The van der Waals surface area contributed by atoms with E-state index >= 15 is 0 Å². The fraction of sp³-hybridized carbons (Fsp3) is 0.214. The summed E-state index contributed by atoms with van der Waals surface area (Å²) in [6.07, 6.45) is 1.82. The Balaban J connectivity index is 1.90. The lowest BCUT2D eigenvalue weighted by atomic mass is 10.0. The average Bonchev–Trinajstić information content (AvgIpc) is 2.99. The molecule has 0 bridgehead atoms. The standard InChI is InChI=1S/C14H12ClNS2/c1-9(10-4-2-3-6-16-10)14(15)13-8-12-11(18-13)5-7-17-12/h2-9,14H,1H3. The van der Waals surface area contributed by atoms with Crippen LogP contribution in [-0.2, 0) is 0 Å². The maximum absolute atomic E-state index is 6.59. The molecule has 0 amide bonds. The first-order valence-electron chi connectivity index (χ1n) is 5.77. The van der Waals surface area contributed by atoms with Gasteiger partial charge in [-0.05, 0) is 29.6 Å². The summed E-state index contributed by atoms with van der Waals surface area (Å²) >= 11 is 10.1. The molecule has 92 valence electrons. The summed E-state index contributed by atoms with van der Waals surface area (Å²) in [5.41, 5.74) is 1.05. The Hall–Kier alpha value is -0.900. The van der Waals surface area contributed by atoms with Gasteiger partial charge in [-0.2, -0.15) is 0 Å². The van der Waals surface area contributed by atoms with Crippen molar-refractivity contribution in [1.82, 2.24) is 4.98 Å². The Morgan fingerprint density at radius 2 is 2.11 bits per heavy atom. The zero-order chi connectivity index (χ0) is 12.5. The SMILES string of the molecule is CC(c1ccccn1)C(Cl)c1cc2sccc2s1. The Morgan fingerprint density at radius 3 is 2.83 bits per heavy atom. The molecule has 3 rings (SSSR count). The lowest BCUT2D eigenvalue weighted by Crippen LogP contribution is -2.02. The van der Waals surface area contributed by atoms with Crippen LogP contribution >= 0.6 is 34.3 Å². The predicted molar refractivity (Wildman–Crippen MR) is 80.9 cm³/mol. The molecular weight excluding hydrogens is 282 g/mol. The number of fused-ring (bicyclic) bond motifs is 1. The molecule has 3 aromatic rings. The fourth-order valence-corrected chi connectivity index (χ4v) is 4.49. The van der Waals surface area contributed by atoms with Gasteiger partial charge in [0, 0.05) is 32.1 Å². The first-order valence-corrected chi connectivity index (χ1v) is 7.91. The second kappa shape index (κ2) is 5.00. The number of halogens is 1. The zero-order valence-electron chi connectivity index (χ0n) is 9.84. The van der Waals surface area contributed by atoms with Gasteiger partial charge in [-0.25, -0.2) is 0 Å². The third-order valence-corrected chi connectivity index (χ3v) is 5.94. The molecule has 0 aromatic carbocycles. The van der Waals surface area contributed by atoms with Gasteiger partial charge < -0.3 is 0 Å². The highest BCUT2D eigenvalue weighted by atomic mass is 35.5. The zero-order valence-corrected chi connectivity index (χ0v) is 12.2. The van der Waals surface area contributed by atoms with Crippen molar-refractivity contribution in [2.24, 2.45) is 0 Å². The van der Waals surface area contributed by atoms with Gasteiger partial charge in [0.1, 0.15) is 0 Å². The van der Waals surface area contributed by atoms with Gasteiger partial charge in [0.25, 0.3) is 0 Å². The summed E-state index contributed by atoms with van der Waals surface area (Å²) in [4.78, 5) is 5.62. The number of rotatable bonds is 3. The molecule has 2 unspecified atom stereocenters. The summed E-state index contributed by atoms with van der Waals surface area (Å²) in [6.45, 7) is 2.13. The van der Waals surface area contributed by atoms with Crippen molar-refractivity contribution in [1.29, 1.82) is 0 Å². The van der Waals surface area contributed by atoms with Crippen LogP contribution in [0.3, 0.4) is 0 Å². The van der Waals surface area contributed by atoms with Gasteiger partial charge in [-0.15, -0.1) is 34.3 Å². The summed E-state index contributed by atoms with van der Waals surface area (Å²) in [6, 6.07) is 10.3. The van der Waals surface area contributed by atoms with Crippen LogP contribution in [0.15, 0.2) is 41.9 Å². The van der Waals surface area contributed by atoms with Crippen LogP contribution in [0, 0.1) is 0 Å². The topological polar surface area (TPSA) is 12.9 Å². The van der Waals surface area contributed by atoms with Gasteiger partial charge >= 0.3 is 0 Å². The third-order valence-electron chi connectivity index (χ3n) is 3.02. The van der Waals surface area contributed by atoms with Gasteiger partial charge in [-0.3, -0.25) is 4.98 Å². The second-order valence-corrected chi connectivity index (χ2v) is 6.78. The van der Waals surface area contributed by atoms with Crippen LogP contribution in [0.1, 0.15) is 28.8 Å². The minimum absolute atomic E-state index is 0.00972. The first kappa shape index (κ1) is 12.2. The maximum Gasteiger partial charge on any atom is 0.0760 e. The molecular formula is C14H12ClNS2. The molecule has 0 aliphatic rings. The Kier molecular flexibility index (Phi) is 3.37. The molecule has 1 nitrogen and oxygen atoms in total. The molecule has 0 aliphatic heterocycles. The summed E-state index contributed by atoms with van der Waals surface area (Å²) in [5, 5.41) is 2.11. The monoisotopic (exact) mass is 293 g/mol. The molecule has 18 heavy (non-hydrogen) atoms. The van der Waals surface area contributed by atoms with Crippen molar-refractivity contribution in [3.8, 4) is 0 Å². The number of hydrogen-bond acceptors (Lipinski definition) is 3. The molecule has 0 saturated carbocycles. The van der Waals surface area contributed by atoms with Crippen LogP contribution in [0.5, 0.6) is 0 Å². The minimum atomic E-state index is -0.00972. The van der Waals surface area contributed by atoms with Gasteiger partial charge in [0.05, 0.1) is 5.38 Å². The molecule has 2 atom stereocenters. The van der Waals surface area contributed by atoms with E-state index in [0.717, 1.165) is 5.69 Å². The molecule has 0 aliphatic carbocycles. The molecule has 4 heteroatoms. The quantitative estimate of drug-likeness (QED) is 0.586. The number of thiophene rings is 2. The molecule has 0 fully saturated rings. The highest BCUT2D eigenvalue weighted by Crippen LogP contribution is 2.41. The van der Waals surface area contributed by atoms with Gasteiger partial charge in [0.2, 0.25) is 0 Å². The van der Waals surface area contributed by atoms with Crippen LogP contribution < -0.4 is 0 Å². The van der Waals surface area contributed by atoms with E-state index in [1.54, 1.807) is 22.7 Å². The minimum Gasteiger partial charge on any atom is -0.261 e. The van der Waals surface area contributed by atoms with Gasteiger partial charge in [0.15, 0.2) is 0 Å². The van der Waals surface area contributed by atoms with Crippen molar-refractivity contribution in [3.05, 3.63) is 52.5 Å². The lowest BCUT2D eigenvalue weighted by Gasteiger charge is -2.15. The highest BCUT2D eigenvalue weighted by Gasteiger charge is 2.21. The number of pyridine rings is 1. The van der Waals surface area contributed by atoms with E-state index in [9.17, 15) is 0 Å².